The molecular weight excluding hydrogens is 486 g/mol. The molecule has 0 saturated heterocycles. The largest absolute Gasteiger partial charge is 0.494 e. The molecule has 34 heavy (non-hydrogen) atoms. The summed E-state index contributed by atoms with van der Waals surface area (Å²) in [4.78, 5) is 3.93. The number of aromatic nitrogens is 2. The summed E-state index contributed by atoms with van der Waals surface area (Å²) < 4.78 is 62.0. The third kappa shape index (κ3) is 4.84. The lowest BCUT2D eigenvalue weighted by atomic mass is 10.1. The van der Waals surface area contributed by atoms with E-state index in [0.29, 0.717) is 23.1 Å². The fraction of sp³-hybridized carbons (Fsp3) is 0.174. The van der Waals surface area contributed by atoms with Crippen LogP contribution in [0.5, 0.6) is 5.75 Å². The van der Waals surface area contributed by atoms with Gasteiger partial charge in [0.2, 0.25) is 0 Å². The van der Waals surface area contributed by atoms with Crippen LogP contribution in [0.15, 0.2) is 66.0 Å². The Kier molecular flexibility index (Phi) is 7.75. The first-order chi connectivity index (χ1) is 15.8. The van der Waals surface area contributed by atoms with E-state index >= 15 is 0 Å². The molecule has 0 spiro atoms. The van der Waals surface area contributed by atoms with E-state index in [9.17, 15) is 17.2 Å². The molecule has 0 radical (unpaired) electrons. The highest BCUT2D eigenvalue weighted by atomic mass is 35.5. The van der Waals surface area contributed by atoms with Gasteiger partial charge in [0, 0.05) is 48.3 Å². The van der Waals surface area contributed by atoms with E-state index < -0.39 is 21.7 Å². The van der Waals surface area contributed by atoms with E-state index in [-0.39, 0.29) is 35.3 Å². The van der Waals surface area contributed by atoms with E-state index in [1.54, 1.807) is 26.1 Å². The number of nitrogens with one attached hydrogen (secondary N) is 2. The maximum Gasteiger partial charge on any atom is 0.269 e. The number of hydrogen-bond acceptors (Lipinski definition) is 6. The van der Waals surface area contributed by atoms with Gasteiger partial charge in [-0.1, -0.05) is 6.07 Å². The summed E-state index contributed by atoms with van der Waals surface area (Å²) in [6, 6.07) is 10.1. The van der Waals surface area contributed by atoms with Gasteiger partial charge in [-0.25, -0.2) is 21.2 Å². The van der Waals surface area contributed by atoms with Crippen molar-refractivity contribution in [3.63, 3.8) is 0 Å². The molecule has 4 aromatic rings. The summed E-state index contributed by atoms with van der Waals surface area (Å²) in [5, 5.41) is 6.43. The fourth-order valence-electron chi connectivity index (χ4n) is 3.55. The zero-order chi connectivity index (χ0) is 23.6. The van der Waals surface area contributed by atoms with Crippen molar-refractivity contribution in [1.29, 1.82) is 0 Å². The summed E-state index contributed by atoms with van der Waals surface area (Å²) in [6.07, 6.45) is 4.29. The van der Waals surface area contributed by atoms with E-state index in [1.165, 1.54) is 36.8 Å². The van der Waals surface area contributed by atoms with Gasteiger partial charge >= 0.3 is 0 Å². The normalized spacial score (nSPS) is 11.3. The summed E-state index contributed by atoms with van der Waals surface area (Å²) in [6.45, 7) is 2.43. The number of rotatable bonds is 8. The van der Waals surface area contributed by atoms with Gasteiger partial charge in [0.25, 0.3) is 10.0 Å². The minimum atomic E-state index is -3.95. The SMILES string of the molecule is CCOc1cc(F)c(Nc2ccc3c(CNC)cn(S(=O)(=O)c4cccnc4)c3c2)c(F)c1.Cl. The highest BCUT2D eigenvalue weighted by Gasteiger charge is 2.22. The molecule has 2 N–H and O–H groups in total. The Bertz CT molecular complexity index is 1390. The predicted molar refractivity (Wildman–Crippen MR) is 130 cm³/mol. The van der Waals surface area contributed by atoms with Crippen LogP contribution in [0.4, 0.5) is 20.2 Å². The third-order valence-electron chi connectivity index (χ3n) is 5.01. The number of ether oxygens (including phenoxy) is 1. The van der Waals surface area contributed by atoms with Crippen LogP contribution in [0, 0.1) is 11.6 Å². The topological polar surface area (TPSA) is 85.2 Å². The van der Waals surface area contributed by atoms with Crippen molar-refractivity contribution in [1.82, 2.24) is 14.3 Å². The molecule has 0 aliphatic carbocycles. The van der Waals surface area contributed by atoms with Gasteiger partial charge < -0.3 is 15.4 Å². The van der Waals surface area contributed by atoms with Gasteiger partial charge in [-0.15, -0.1) is 12.4 Å². The van der Waals surface area contributed by atoms with Crippen LogP contribution in [-0.4, -0.2) is 31.0 Å². The molecule has 2 aromatic heterocycles. The third-order valence-corrected chi connectivity index (χ3v) is 6.67. The minimum Gasteiger partial charge on any atom is -0.494 e. The molecule has 11 heteroatoms. The summed E-state index contributed by atoms with van der Waals surface area (Å²) in [5.41, 5.74) is 1.08. The zero-order valence-corrected chi connectivity index (χ0v) is 20.0. The molecule has 0 saturated carbocycles. The van der Waals surface area contributed by atoms with Gasteiger partial charge in [-0.3, -0.25) is 4.98 Å². The summed E-state index contributed by atoms with van der Waals surface area (Å²) >= 11 is 0. The van der Waals surface area contributed by atoms with E-state index in [2.05, 4.69) is 15.6 Å². The molecule has 180 valence electrons. The van der Waals surface area contributed by atoms with Crippen LogP contribution in [-0.2, 0) is 16.6 Å². The second-order valence-corrected chi connectivity index (χ2v) is 9.04. The average molecular weight is 509 g/mol. The molecule has 4 rings (SSSR count). The Balaban J connectivity index is 0.00000324. The number of fused-ring (bicyclic) bond motifs is 1. The molecular formula is C23H23ClF2N4O3S. The van der Waals surface area contributed by atoms with E-state index in [1.807, 2.05) is 0 Å². The van der Waals surface area contributed by atoms with Crippen LogP contribution in [0.2, 0.25) is 0 Å². The molecule has 0 amide bonds. The summed E-state index contributed by atoms with van der Waals surface area (Å²) in [7, 11) is -2.19. The van der Waals surface area contributed by atoms with Crippen molar-refractivity contribution < 1.29 is 21.9 Å². The Morgan fingerprint density at radius 2 is 1.85 bits per heavy atom. The van der Waals surface area contributed by atoms with Crippen LogP contribution < -0.4 is 15.4 Å². The Labute approximate surface area is 202 Å². The molecule has 0 unspecified atom stereocenters. The smallest absolute Gasteiger partial charge is 0.269 e. The monoisotopic (exact) mass is 508 g/mol. The quantitative estimate of drug-likeness (QED) is 0.354. The van der Waals surface area contributed by atoms with Gasteiger partial charge in [-0.05, 0) is 43.8 Å². The van der Waals surface area contributed by atoms with Crippen molar-refractivity contribution in [2.45, 2.75) is 18.4 Å². The van der Waals surface area contributed by atoms with E-state index in [4.69, 9.17) is 4.74 Å². The van der Waals surface area contributed by atoms with Gasteiger partial charge in [0.05, 0.1) is 12.1 Å². The molecule has 2 heterocycles. The second-order valence-electron chi connectivity index (χ2n) is 7.23. The molecule has 0 fully saturated rings. The number of anilines is 2. The van der Waals surface area contributed by atoms with Gasteiger partial charge in [0.15, 0.2) is 11.6 Å². The fourth-order valence-corrected chi connectivity index (χ4v) is 4.90. The zero-order valence-electron chi connectivity index (χ0n) is 18.4. The number of pyridine rings is 1. The number of halogens is 3. The lowest BCUT2D eigenvalue weighted by Gasteiger charge is -2.12. The van der Waals surface area contributed by atoms with Gasteiger partial charge in [-0.2, -0.15) is 0 Å². The molecule has 0 aliphatic heterocycles. The molecule has 0 aliphatic rings. The first kappa shape index (κ1) is 25.4. The Morgan fingerprint density at radius 3 is 2.47 bits per heavy atom. The second kappa shape index (κ2) is 10.4. The Morgan fingerprint density at radius 1 is 1.12 bits per heavy atom. The van der Waals surface area contributed by atoms with Crippen molar-refractivity contribution in [3.05, 3.63) is 78.3 Å². The standard InChI is InChI=1S/C23H22F2N4O3S.ClH/c1-3-32-17-10-20(24)23(21(25)11-17)28-16-6-7-19-15(12-26-2)14-29(22(19)9-16)33(30,31)18-5-4-8-27-13-18;/h4-11,13-14,26,28H,3,12H2,1-2H3;1H. The molecule has 7 nitrogen and oxygen atoms in total. The van der Waals surface area contributed by atoms with Crippen LogP contribution in [0.3, 0.4) is 0 Å². The van der Waals surface area contributed by atoms with Crippen molar-refractivity contribution in [2.24, 2.45) is 0 Å². The highest BCUT2D eigenvalue weighted by molar-refractivity contribution is 7.90. The molecule has 0 bridgehead atoms. The highest BCUT2D eigenvalue weighted by Crippen LogP contribution is 2.32. The lowest BCUT2D eigenvalue weighted by molar-refractivity contribution is 0.336. The number of benzene rings is 2. The van der Waals surface area contributed by atoms with Crippen molar-refractivity contribution in [3.8, 4) is 5.75 Å². The molecule has 2 aromatic carbocycles. The van der Waals surface area contributed by atoms with Crippen molar-refractivity contribution in [2.75, 3.05) is 19.0 Å². The molecule has 0 atom stereocenters. The maximum atomic E-state index is 14.5. The summed E-state index contributed by atoms with van der Waals surface area (Å²) in [5.74, 6) is -1.57. The van der Waals surface area contributed by atoms with Crippen LogP contribution in [0.25, 0.3) is 10.9 Å². The van der Waals surface area contributed by atoms with Crippen molar-refractivity contribution >= 4 is 44.7 Å². The maximum absolute atomic E-state index is 14.5. The predicted octanol–water partition coefficient (Wildman–Crippen LogP) is 4.84. The Hall–Kier alpha value is -3.21. The van der Waals surface area contributed by atoms with E-state index in [0.717, 1.165) is 21.7 Å². The average Bonchev–Trinajstić information content (AvgIpc) is 3.16. The lowest BCUT2D eigenvalue weighted by Crippen LogP contribution is -2.12. The number of hydrogen-bond donors (Lipinski definition) is 2. The minimum absolute atomic E-state index is 0. The number of nitrogens with zero attached hydrogens (tertiary/aromatic N) is 2. The van der Waals surface area contributed by atoms with Gasteiger partial charge in [0.1, 0.15) is 16.3 Å². The van der Waals surface area contributed by atoms with Crippen LogP contribution >= 0.6 is 12.4 Å². The van der Waals surface area contributed by atoms with Crippen LogP contribution in [0.1, 0.15) is 12.5 Å². The first-order valence-electron chi connectivity index (χ1n) is 10.2. The first-order valence-corrected chi connectivity index (χ1v) is 11.6.